The van der Waals surface area contributed by atoms with Crippen LogP contribution in [-0.4, -0.2) is 18.1 Å². The molecule has 0 atom stereocenters. The van der Waals surface area contributed by atoms with Gasteiger partial charge in [-0.25, -0.2) is 0 Å². The minimum absolute atomic E-state index is 0.0290. The number of nitrogens with zero attached hydrogens (tertiary/aromatic N) is 2. The third kappa shape index (κ3) is 4.26. The number of azo groups is 1. The number of phenols is 1. The molecule has 3 aromatic carbocycles. The van der Waals surface area contributed by atoms with E-state index in [1.54, 1.807) is 0 Å². The number of nitrogen functional groups attached to an aromatic ring is 1. The topological polar surface area (TPSA) is 125 Å². The highest BCUT2D eigenvalue weighted by molar-refractivity contribution is 7.85. The number of hydrogen-bond donors (Lipinski definition) is 3. The average Bonchev–Trinajstić information content (AvgIpc) is 2.60. The second kappa shape index (κ2) is 7.17. The van der Waals surface area contributed by atoms with Crippen LogP contribution in [0.5, 0.6) is 5.75 Å². The van der Waals surface area contributed by atoms with Crippen molar-refractivity contribution < 1.29 is 31.2 Å². The number of benzene rings is 3. The lowest BCUT2D eigenvalue weighted by molar-refractivity contribution is -0.137. The zero-order valence-electron chi connectivity index (χ0n) is 14.1. The Hall–Kier alpha value is -2.89. The molecule has 0 aliphatic rings. The molecule has 0 saturated heterocycles. The number of nitrogens with two attached hydrogens (primary N) is 1. The molecule has 0 saturated carbocycles. The van der Waals surface area contributed by atoms with Crippen molar-refractivity contribution in [2.24, 2.45) is 10.2 Å². The van der Waals surface area contributed by atoms with Gasteiger partial charge in [-0.3, -0.25) is 4.55 Å². The van der Waals surface area contributed by atoms with E-state index in [1.807, 2.05) is 0 Å². The molecule has 3 rings (SSSR count). The van der Waals surface area contributed by atoms with Crippen molar-refractivity contribution in [1.82, 2.24) is 0 Å². The van der Waals surface area contributed by atoms with Crippen molar-refractivity contribution in [2.45, 2.75) is 11.1 Å². The SMILES string of the molecule is Nc1ccc2cc(S(=O)(=O)O)cc(O)c2c1N=Nc1ccc(Cl)cc1C(F)(F)F. The first kappa shape index (κ1) is 20.8. The van der Waals surface area contributed by atoms with Crippen LogP contribution in [0.4, 0.5) is 30.2 Å². The Morgan fingerprint density at radius 3 is 2.34 bits per heavy atom. The standard InChI is InChI=1S/C17H11ClF3N3O4S/c18-9-2-4-13(11(6-9)17(19,20)21)23-24-16-12(22)3-1-8-5-10(29(26,27)28)7-14(25)15(8)16/h1-7,25H,22H2,(H,26,27,28). The quantitative estimate of drug-likeness (QED) is 0.280. The fraction of sp³-hybridized carbons (Fsp3) is 0.0588. The van der Waals surface area contributed by atoms with E-state index in [0.717, 1.165) is 18.2 Å². The first-order valence-electron chi connectivity index (χ1n) is 7.69. The Kier molecular flexibility index (Phi) is 5.15. The molecule has 0 aliphatic heterocycles. The predicted octanol–water partition coefficient (Wildman–Crippen LogP) is 5.46. The zero-order chi connectivity index (χ0) is 21.6. The summed E-state index contributed by atoms with van der Waals surface area (Å²) in [6, 6.07) is 7.38. The first-order valence-corrected chi connectivity index (χ1v) is 9.51. The van der Waals surface area contributed by atoms with Gasteiger partial charge >= 0.3 is 6.18 Å². The summed E-state index contributed by atoms with van der Waals surface area (Å²) < 4.78 is 71.4. The highest BCUT2D eigenvalue weighted by atomic mass is 35.5. The van der Waals surface area contributed by atoms with Crippen LogP contribution >= 0.6 is 11.6 Å². The monoisotopic (exact) mass is 445 g/mol. The van der Waals surface area contributed by atoms with E-state index in [-0.39, 0.29) is 27.2 Å². The van der Waals surface area contributed by atoms with Crippen LogP contribution in [0.3, 0.4) is 0 Å². The summed E-state index contributed by atoms with van der Waals surface area (Å²) in [7, 11) is -4.60. The summed E-state index contributed by atoms with van der Waals surface area (Å²) in [6.07, 6.45) is -4.74. The Balaban J connectivity index is 2.21. The van der Waals surface area contributed by atoms with Crippen LogP contribution in [0.1, 0.15) is 5.56 Å². The lowest BCUT2D eigenvalue weighted by Crippen LogP contribution is -2.04. The number of phenolic OH excluding ortho intramolecular Hbond substituents is 1. The second-order valence-electron chi connectivity index (χ2n) is 5.88. The number of fused-ring (bicyclic) bond motifs is 1. The fourth-order valence-corrected chi connectivity index (χ4v) is 3.31. The van der Waals surface area contributed by atoms with Gasteiger partial charge in [-0.1, -0.05) is 17.7 Å². The molecule has 0 amide bonds. The fourth-order valence-electron chi connectivity index (χ4n) is 2.60. The van der Waals surface area contributed by atoms with Gasteiger partial charge in [-0.2, -0.15) is 21.6 Å². The van der Waals surface area contributed by atoms with Gasteiger partial charge < -0.3 is 10.8 Å². The first-order chi connectivity index (χ1) is 13.4. The van der Waals surface area contributed by atoms with Gasteiger partial charge in [0.15, 0.2) is 0 Å². The normalized spacial score (nSPS) is 12.7. The largest absolute Gasteiger partial charge is 0.507 e. The maximum atomic E-state index is 13.2. The van der Waals surface area contributed by atoms with Crippen molar-refractivity contribution in [3.05, 3.63) is 53.1 Å². The van der Waals surface area contributed by atoms with E-state index in [0.29, 0.717) is 6.07 Å². The molecule has 0 unspecified atom stereocenters. The molecule has 0 spiro atoms. The zero-order valence-corrected chi connectivity index (χ0v) is 15.7. The predicted molar refractivity (Wildman–Crippen MR) is 100 cm³/mol. The smallest absolute Gasteiger partial charge is 0.418 e. The minimum Gasteiger partial charge on any atom is -0.507 e. The van der Waals surface area contributed by atoms with Gasteiger partial charge in [-0.15, -0.1) is 10.2 Å². The van der Waals surface area contributed by atoms with Crippen molar-refractivity contribution >= 4 is 49.6 Å². The van der Waals surface area contributed by atoms with E-state index in [2.05, 4.69) is 10.2 Å². The van der Waals surface area contributed by atoms with E-state index in [4.69, 9.17) is 21.9 Å². The van der Waals surface area contributed by atoms with Crippen molar-refractivity contribution in [2.75, 3.05) is 5.73 Å². The Morgan fingerprint density at radius 2 is 1.72 bits per heavy atom. The van der Waals surface area contributed by atoms with Gasteiger partial charge in [-0.05, 0) is 35.7 Å². The molecule has 0 radical (unpaired) electrons. The van der Waals surface area contributed by atoms with Crippen LogP contribution < -0.4 is 5.73 Å². The summed E-state index contributed by atoms with van der Waals surface area (Å²) >= 11 is 5.62. The molecule has 12 heteroatoms. The molecule has 7 nitrogen and oxygen atoms in total. The third-order valence-electron chi connectivity index (χ3n) is 3.89. The highest BCUT2D eigenvalue weighted by Crippen LogP contribution is 2.42. The number of alkyl halides is 3. The highest BCUT2D eigenvalue weighted by Gasteiger charge is 2.34. The molecule has 152 valence electrons. The van der Waals surface area contributed by atoms with E-state index >= 15 is 0 Å². The van der Waals surface area contributed by atoms with Crippen LogP contribution in [-0.2, 0) is 16.3 Å². The van der Waals surface area contributed by atoms with E-state index < -0.39 is 38.2 Å². The number of anilines is 1. The lowest BCUT2D eigenvalue weighted by Gasteiger charge is -2.11. The molecule has 0 fully saturated rings. The average molecular weight is 446 g/mol. The molecule has 3 aromatic rings. The summed E-state index contributed by atoms with van der Waals surface area (Å²) in [6.45, 7) is 0. The molecule has 0 aliphatic carbocycles. The molecular formula is C17H11ClF3N3O4S. The molecule has 4 N–H and O–H groups in total. The van der Waals surface area contributed by atoms with Crippen LogP contribution in [0.2, 0.25) is 5.02 Å². The van der Waals surface area contributed by atoms with Crippen molar-refractivity contribution in [3.63, 3.8) is 0 Å². The lowest BCUT2D eigenvalue weighted by atomic mass is 10.1. The Bertz CT molecular complexity index is 1260. The summed E-state index contributed by atoms with van der Waals surface area (Å²) in [5.74, 6) is -0.608. The van der Waals surface area contributed by atoms with Gasteiger partial charge in [0, 0.05) is 11.1 Å². The van der Waals surface area contributed by atoms with Gasteiger partial charge in [0.2, 0.25) is 0 Å². The van der Waals surface area contributed by atoms with Gasteiger partial charge in [0.25, 0.3) is 10.1 Å². The molecule has 0 heterocycles. The van der Waals surface area contributed by atoms with E-state index in [9.17, 15) is 26.7 Å². The molecular weight excluding hydrogens is 435 g/mol. The number of aromatic hydroxyl groups is 1. The van der Waals surface area contributed by atoms with Gasteiger partial charge in [0.1, 0.15) is 11.4 Å². The Morgan fingerprint density at radius 1 is 1.03 bits per heavy atom. The van der Waals surface area contributed by atoms with E-state index in [1.165, 1.54) is 18.2 Å². The maximum Gasteiger partial charge on any atom is 0.418 e. The van der Waals surface area contributed by atoms with Gasteiger partial charge in [0.05, 0.1) is 27.2 Å². The van der Waals surface area contributed by atoms with Crippen LogP contribution in [0, 0.1) is 0 Å². The Labute approximate surface area is 167 Å². The van der Waals surface area contributed by atoms with Crippen molar-refractivity contribution in [3.8, 4) is 5.75 Å². The summed E-state index contributed by atoms with van der Waals surface area (Å²) in [5, 5.41) is 17.5. The van der Waals surface area contributed by atoms with Crippen LogP contribution in [0.15, 0.2) is 57.6 Å². The maximum absolute atomic E-state index is 13.2. The molecule has 29 heavy (non-hydrogen) atoms. The summed E-state index contributed by atoms with van der Waals surface area (Å²) in [5.41, 5.74) is 3.96. The summed E-state index contributed by atoms with van der Waals surface area (Å²) in [4.78, 5) is -0.577. The number of halogens is 4. The van der Waals surface area contributed by atoms with Crippen molar-refractivity contribution in [1.29, 1.82) is 0 Å². The number of hydrogen-bond acceptors (Lipinski definition) is 6. The minimum atomic E-state index is -4.74. The molecule has 0 bridgehead atoms. The second-order valence-corrected chi connectivity index (χ2v) is 7.74. The third-order valence-corrected chi connectivity index (χ3v) is 4.96. The molecule has 0 aromatic heterocycles. The van der Waals surface area contributed by atoms with Crippen LogP contribution in [0.25, 0.3) is 10.8 Å². The number of rotatable bonds is 3.